The molecule has 8 nitrogen and oxygen atoms in total. The molecule has 3 atom stereocenters. The highest BCUT2D eigenvalue weighted by Crippen LogP contribution is 2.45. The lowest BCUT2D eigenvalue weighted by Crippen LogP contribution is -2.45. The van der Waals surface area contributed by atoms with Crippen molar-refractivity contribution in [3.05, 3.63) is 82.6 Å². The maximum atomic E-state index is 13.3. The number of nitrogens with one attached hydrogen (secondary N) is 1. The molecule has 9 heteroatoms. The number of anilines is 2. The number of fused-ring (bicyclic) bond motifs is 6. The van der Waals surface area contributed by atoms with Crippen molar-refractivity contribution in [1.82, 2.24) is 9.55 Å². The number of amides is 1. The Morgan fingerprint density at radius 1 is 1.15 bits per heavy atom. The first kappa shape index (κ1) is 27.1. The van der Waals surface area contributed by atoms with Crippen LogP contribution in [0.15, 0.2) is 60.7 Å². The molecule has 3 heterocycles. The molecule has 6 rings (SSSR count). The van der Waals surface area contributed by atoms with Crippen molar-refractivity contribution < 1.29 is 19.1 Å². The van der Waals surface area contributed by atoms with Crippen molar-refractivity contribution in [1.29, 1.82) is 0 Å². The number of hydrogen-bond acceptors (Lipinski definition) is 6. The molecule has 3 unspecified atom stereocenters. The van der Waals surface area contributed by atoms with Crippen LogP contribution < -0.4 is 15.0 Å². The maximum absolute atomic E-state index is 13.3. The van der Waals surface area contributed by atoms with Crippen LogP contribution in [0, 0.1) is 5.92 Å². The second-order valence-corrected chi connectivity index (χ2v) is 11.2. The number of aromatic nitrogens is 2. The summed E-state index contributed by atoms with van der Waals surface area (Å²) in [5, 5.41) is 3.71. The van der Waals surface area contributed by atoms with Gasteiger partial charge in [-0.3, -0.25) is 4.79 Å². The standard InChI is InChI=1S/C32H33ClN4O4/c1-4-41-23-7-5-6-20(15-23)18-37-27-11-9-22(33)17-25(27)34-29(38)14-19(2)30-28(37)12-13-36-26-10-8-21(32(39)40-3)16-24(26)35-31(30)36/h5-11,15-17,19,28,30H,4,12-14,18H2,1-3H3,(H,34,38). The number of halogens is 1. The highest BCUT2D eigenvalue weighted by atomic mass is 35.5. The summed E-state index contributed by atoms with van der Waals surface area (Å²) >= 11 is 6.41. The number of methoxy groups -OCH3 is 1. The van der Waals surface area contributed by atoms with Crippen LogP contribution in [0.3, 0.4) is 0 Å². The predicted molar refractivity (Wildman–Crippen MR) is 160 cm³/mol. The maximum Gasteiger partial charge on any atom is 0.337 e. The van der Waals surface area contributed by atoms with Gasteiger partial charge in [0.05, 0.1) is 41.7 Å². The lowest BCUT2D eigenvalue weighted by atomic mass is 9.80. The summed E-state index contributed by atoms with van der Waals surface area (Å²) in [7, 11) is 1.38. The Hall–Kier alpha value is -4.04. The van der Waals surface area contributed by atoms with Gasteiger partial charge >= 0.3 is 5.97 Å². The molecule has 0 fully saturated rings. The van der Waals surface area contributed by atoms with Crippen LogP contribution in [0.4, 0.5) is 11.4 Å². The summed E-state index contributed by atoms with van der Waals surface area (Å²) in [5.74, 6) is 1.28. The molecule has 2 aliphatic heterocycles. The Balaban J connectivity index is 1.50. The molecule has 1 N–H and O–H groups in total. The molecule has 3 aromatic carbocycles. The Morgan fingerprint density at radius 2 is 2.00 bits per heavy atom. The van der Waals surface area contributed by atoms with E-state index in [1.807, 2.05) is 43.3 Å². The zero-order valence-electron chi connectivity index (χ0n) is 23.4. The van der Waals surface area contributed by atoms with Crippen LogP contribution in [0.2, 0.25) is 5.02 Å². The quantitative estimate of drug-likeness (QED) is 0.278. The van der Waals surface area contributed by atoms with Gasteiger partial charge in [0.1, 0.15) is 11.6 Å². The van der Waals surface area contributed by atoms with Crippen molar-refractivity contribution in [2.45, 2.75) is 51.7 Å². The topological polar surface area (TPSA) is 85.7 Å². The third kappa shape index (κ3) is 5.12. The van der Waals surface area contributed by atoms with Gasteiger partial charge in [0, 0.05) is 36.5 Å². The van der Waals surface area contributed by atoms with Gasteiger partial charge in [0.15, 0.2) is 0 Å². The molecule has 2 aliphatic rings. The molecule has 0 bridgehead atoms. The number of nitrogens with zero attached hydrogens (tertiary/aromatic N) is 3. The van der Waals surface area contributed by atoms with Crippen LogP contribution in [-0.4, -0.2) is 41.2 Å². The molecule has 0 spiro atoms. The van der Waals surface area contributed by atoms with Crippen molar-refractivity contribution in [3.63, 3.8) is 0 Å². The lowest BCUT2D eigenvalue weighted by Gasteiger charge is -2.43. The van der Waals surface area contributed by atoms with E-state index < -0.39 is 0 Å². The van der Waals surface area contributed by atoms with Crippen LogP contribution in [0.1, 0.15) is 54.4 Å². The average Bonchev–Trinajstić information content (AvgIpc) is 3.34. The van der Waals surface area contributed by atoms with Gasteiger partial charge in [-0.25, -0.2) is 9.78 Å². The fourth-order valence-electron chi connectivity index (χ4n) is 6.44. The zero-order chi connectivity index (χ0) is 28.7. The minimum Gasteiger partial charge on any atom is -0.494 e. The van der Waals surface area contributed by atoms with Crippen molar-refractivity contribution in [3.8, 4) is 5.75 Å². The number of aryl methyl sites for hydroxylation is 1. The molecule has 41 heavy (non-hydrogen) atoms. The van der Waals surface area contributed by atoms with Gasteiger partial charge in [-0.1, -0.05) is 30.7 Å². The number of imidazole rings is 1. The van der Waals surface area contributed by atoms with Gasteiger partial charge in [-0.05, 0) is 73.4 Å². The molecule has 1 amide bonds. The van der Waals surface area contributed by atoms with Gasteiger partial charge in [-0.15, -0.1) is 0 Å². The van der Waals surface area contributed by atoms with E-state index in [9.17, 15) is 9.59 Å². The van der Waals surface area contributed by atoms with Crippen molar-refractivity contribution >= 4 is 45.9 Å². The second kappa shape index (κ2) is 11.1. The minimum atomic E-state index is -0.390. The van der Waals surface area contributed by atoms with E-state index in [0.717, 1.165) is 46.8 Å². The van der Waals surface area contributed by atoms with E-state index in [-0.39, 0.29) is 29.8 Å². The van der Waals surface area contributed by atoms with Crippen LogP contribution in [-0.2, 0) is 22.6 Å². The first-order chi connectivity index (χ1) is 19.9. The molecule has 212 valence electrons. The van der Waals surface area contributed by atoms with E-state index in [1.165, 1.54) is 7.11 Å². The zero-order valence-corrected chi connectivity index (χ0v) is 24.1. The first-order valence-corrected chi connectivity index (χ1v) is 14.4. The monoisotopic (exact) mass is 572 g/mol. The van der Waals surface area contributed by atoms with Crippen molar-refractivity contribution in [2.24, 2.45) is 5.92 Å². The molecular formula is C32H33ClN4O4. The predicted octanol–water partition coefficient (Wildman–Crippen LogP) is 6.42. The Kier molecular flexibility index (Phi) is 7.34. The summed E-state index contributed by atoms with van der Waals surface area (Å²) in [6.45, 7) is 6.08. The lowest BCUT2D eigenvalue weighted by molar-refractivity contribution is -0.117. The molecule has 1 aromatic heterocycles. The van der Waals surface area contributed by atoms with Crippen molar-refractivity contribution in [2.75, 3.05) is 23.9 Å². The van der Waals surface area contributed by atoms with Crippen LogP contribution in [0.5, 0.6) is 5.75 Å². The minimum absolute atomic E-state index is 0.00187. The summed E-state index contributed by atoms with van der Waals surface area (Å²) in [6, 6.07) is 19.4. The normalized spacial score (nSPS) is 20.1. The number of hydrogen-bond donors (Lipinski definition) is 1. The van der Waals surface area contributed by atoms with E-state index in [2.05, 4.69) is 33.8 Å². The van der Waals surface area contributed by atoms with Gasteiger partial charge in [0.25, 0.3) is 0 Å². The molecule has 0 aliphatic carbocycles. The number of carbonyl (C=O) groups excluding carboxylic acids is 2. The fourth-order valence-corrected chi connectivity index (χ4v) is 6.61. The average molecular weight is 573 g/mol. The molecule has 4 aromatic rings. The Morgan fingerprint density at radius 3 is 2.80 bits per heavy atom. The number of esters is 1. The van der Waals surface area contributed by atoms with Gasteiger partial charge < -0.3 is 24.3 Å². The van der Waals surface area contributed by atoms with E-state index in [4.69, 9.17) is 26.1 Å². The van der Waals surface area contributed by atoms with Crippen LogP contribution in [0.25, 0.3) is 11.0 Å². The smallest absolute Gasteiger partial charge is 0.337 e. The summed E-state index contributed by atoms with van der Waals surface area (Å²) in [5.41, 5.74) is 4.93. The van der Waals surface area contributed by atoms with Crippen LogP contribution >= 0.6 is 11.6 Å². The molecule has 0 saturated carbocycles. The van der Waals surface area contributed by atoms with E-state index in [1.54, 1.807) is 12.1 Å². The number of carbonyl (C=O) groups is 2. The Bertz CT molecular complexity index is 1630. The SMILES string of the molecule is CCOc1cccc(CN2c3ccc(Cl)cc3NC(=O)CC(C)C3c4nc5cc(C(=O)OC)ccc5n4CCC32)c1. The van der Waals surface area contributed by atoms with E-state index in [0.29, 0.717) is 35.8 Å². The number of rotatable bonds is 5. The first-order valence-electron chi connectivity index (χ1n) is 14.0. The second-order valence-electron chi connectivity index (χ2n) is 10.8. The van der Waals surface area contributed by atoms with Gasteiger partial charge in [0.2, 0.25) is 5.91 Å². The number of benzene rings is 3. The molecule has 0 radical (unpaired) electrons. The highest BCUT2D eigenvalue weighted by molar-refractivity contribution is 6.31. The number of ether oxygens (including phenoxy) is 2. The highest BCUT2D eigenvalue weighted by Gasteiger charge is 2.41. The third-order valence-electron chi connectivity index (χ3n) is 8.19. The Labute approximate surface area is 244 Å². The molecular weight excluding hydrogens is 540 g/mol. The summed E-state index contributed by atoms with van der Waals surface area (Å²) in [4.78, 5) is 33.0. The molecule has 0 saturated heterocycles. The van der Waals surface area contributed by atoms with Gasteiger partial charge in [-0.2, -0.15) is 0 Å². The van der Waals surface area contributed by atoms with E-state index >= 15 is 0 Å². The summed E-state index contributed by atoms with van der Waals surface area (Å²) < 4.78 is 13.0. The summed E-state index contributed by atoms with van der Waals surface area (Å²) in [6.07, 6.45) is 1.20. The third-order valence-corrected chi connectivity index (χ3v) is 8.42. The fraction of sp³-hybridized carbons (Fsp3) is 0.344. The largest absolute Gasteiger partial charge is 0.494 e.